The molecule has 1 heterocycles. The lowest BCUT2D eigenvalue weighted by atomic mass is 10.3. The van der Waals surface area contributed by atoms with Crippen molar-refractivity contribution in [2.24, 2.45) is 0 Å². The Labute approximate surface area is 71.9 Å². The Morgan fingerprint density at radius 1 is 1.45 bits per heavy atom. The topological polar surface area (TPSA) is 18.5 Å². The van der Waals surface area contributed by atoms with Gasteiger partial charge in [0.05, 0.1) is 13.2 Å². The molecule has 0 saturated carbocycles. The highest BCUT2D eigenvalue weighted by molar-refractivity contribution is 7.98. The zero-order valence-corrected chi connectivity index (χ0v) is 7.82. The van der Waals surface area contributed by atoms with Gasteiger partial charge >= 0.3 is 0 Å². The second kappa shape index (κ2) is 4.14. The monoisotopic (exact) mass is 174 g/mol. The molecule has 0 spiro atoms. The Bertz CT molecular complexity index is 139. The third-order valence-electron chi connectivity index (χ3n) is 1.54. The van der Waals surface area contributed by atoms with Crippen LogP contribution in [0.5, 0.6) is 0 Å². The number of rotatable bonds is 3. The smallest absolute Gasteiger partial charge is 0.185 e. The van der Waals surface area contributed by atoms with Gasteiger partial charge in [0.15, 0.2) is 5.79 Å². The number of thioether (sulfide) groups is 1. The minimum atomic E-state index is -0.449. The summed E-state index contributed by atoms with van der Waals surface area (Å²) in [6.45, 7) is 3.36. The second-order valence-corrected chi connectivity index (χ2v) is 3.48. The molecule has 11 heavy (non-hydrogen) atoms. The molecule has 3 heteroatoms. The fourth-order valence-corrected chi connectivity index (χ4v) is 1.27. The Morgan fingerprint density at radius 2 is 2.09 bits per heavy atom. The van der Waals surface area contributed by atoms with Gasteiger partial charge in [0.25, 0.3) is 0 Å². The van der Waals surface area contributed by atoms with Crippen LogP contribution in [0.2, 0.25) is 0 Å². The van der Waals surface area contributed by atoms with Crippen molar-refractivity contribution in [2.75, 3.05) is 25.2 Å². The average molecular weight is 174 g/mol. The van der Waals surface area contributed by atoms with E-state index in [1.165, 1.54) is 0 Å². The maximum Gasteiger partial charge on any atom is 0.185 e. The predicted molar refractivity (Wildman–Crippen MR) is 47.8 cm³/mol. The van der Waals surface area contributed by atoms with E-state index in [-0.39, 0.29) is 0 Å². The summed E-state index contributed by atoms with van der Waals surface area (Å²) in [5, 5.41) is 0. The van der Waals surface area contributed by atoms with Crippen LogP contribution in [0.3, 0.4) is 0 Å². The Kier molecular flexibility index (Phi) is 3.43. The highest BCUT2D eigenvalue weighted by Crippen LogP contribution is 2.19. The zero-order valence-electron chi connectivity index (χ0n) is 7.00. The molecule has 0 unspecified atom stereocenters. The fraction of sp³-hybridized carbons (Fsp3) is 0.750. The molecule has 0 aromatic carbocycles. The first-order valence-corrected chi connectivity index (χ1v) is 5.11. The lowest BCUT2D eigenvalue weighted by molar-refractivity contribution is -0.0997. The van der Waals surface area contributed by atoms with Crippen molar-refractivity contribution in [3.63, 3.8) is 0 Å². The van der Waals surface area contributed by atoms with E-state index in [1.807, 2.05) is 13.0 Å². The first-order valence-electron chi connectivity index (χ1n) is 3.71. The molecule has 2 nitrogen and oxygen atoms in total. The first kappa shape index (κ1) is 9.10. The van der Waals surface area contributed by atoms with Gasteiger partial charge in [-0.2, -0.15) is 11.8 Å². The molecule has 1 aliphatic heterocycles. The summed E-state index contributed by atoms with van der Waals surface area (Å²) in [6, 6.07) is 0. The van der Waals surface area contributed by atoms with Crippen LogP contribution < -0.4 is 0 Å². The molecule has 1 rings (SSSR count). The molecule has 1 aliphatic rings. The molecule has 0 amide bonds. The summed E-state index contributed by atoms with van der Waals surface area (Å²) in [7, 11) is 0. The van der Waals surface area contributed by atoms with Crippen LogP contribution in [-0.4, -0.2) is 31.0 Å². The van der Waals surface area contributed by atoms with E-state index in [4.69, 9.17) is 9.47 Å². The summed E-state index contributed by atoms with van der Waals surface area (Å²) in [4.78, 5) is 0. The lowest BCUT2D eigenvalue weighted by Crippen LogP contribution is -2.21. The maximum atomic E-state index is 5.37. The van der Waals surface area contributed by atoms with Gasteiger partial charge in [-0.05, 0) is 19.3 Å². The molecule has 0 atom stereocenters. The minimum Gasteiger partial charge on any atom is -0.344 e. The Balaban J connectivity index is 2.33. The SMILES string of the molecule is CSCC=CC1(C)OCCO1. The normalized spacial score (nSPS) is 23.1. The average Bonchev–Trinajstić information content (AvgIpc) is 2.38. The Hall–Kier alpha value is 0.01000. The molecule has 1 fully saturated rings. The van der Waals surface area contributed by atoms with Crippen LogP contribution in [0.4, 0.5) is 0 Å². The van der Waals surface area contributed by atoms with Gasteiger partial charge in [0, 0.05) is 5.75 Å². The molecule has 64 valence electrons. The van der Waals surface area contributed by atoms with Crippen LogP contribution in [0.25, 0.3) is 0 Å². The predicted octanol–water partition coefficient (Wildman–Crippen LogP) is 1.67. The minimum absolute atomic E-state index is 0.449. The van der Waals surface area contributed by atoms with Gasteiger partial charge in [-0.1, -0.05) is 6.08 Å². The number of hydrogen-bond acceptors (Lipinski definition) is 3. The van der Waals surface area contributed by atoms with E-state index in [0.29, 0.717) is 13.2 Å². The van der Waals surface area contributed by atoms with Crippen molar-refractivity contribution in [3.8, 4) is 0 Å². The molecule has 1 saturated heterocycles. The van der Waals surface area contributed by atoms with Crippen molar-refractivity contribution >= 4 is 11.8 Å². The van der Waals surface area contributed by atoms with E-state index in [0.717, 1.165) is 5.75 Å². The molecular weight excluding hydrogens is 160 g/mol. The number of ether oxygens (including phenoxy) is 2. The summed E-state index contributed by atoms with van der Waals surface area (Å²) in [5.41, 5.74) is 0. The van der Waals surface area contributed by atoms with Crippen molar-refractivity contribution in [1.29, 1.82) is 0 Å². The second-order valence-electron chi connectivity index (χ2n) is 2.57. The maximum absolute atomic E-state index is 5.37. The van der Waals surface area contributed by atoms with Crippen LogP contribution in [0.15, 0.2) is 12.2 Å². The largest absolute Gasteiger partial charge is 0.344 e. The number of hydrogen-bond donors (Lipinski definition) is 0. The fourth-order valence-electron chi connectivity index (χ4n) is 0.985. The van der Waals surface area contributed by atoms with E-state index >= 15 is 0 Å². The van der Waals surface area contributed by atoms with Gasteiger partial charge in [0.1, 0.15) is 0 Å². The summed E-state index contributed by atoms with van der Waals surface area (Å²) in [6.07, 6.45) is 6.13. The first-order chi connectivity index (χ1) is 5.27. The van der Waals surface area contributed by atoms with Crippen LogP contribution in [0, 0.1) is 0 Å². The van der Waals surface area contributed by atoms with Gasteiger partial charge in [-0.15, -0.1) is 0 Å². The zero-order chi connectivity index (χ0) is 8.16. The van der Waals surface area contributed by atoms with Crippen LogP contribution >= 0.6 is 11.8 Å². The van der Waals surface area contributed by atoms with Gasteiger partial charge in [-0.25, -0.2) is 0 Å². The highest BCUT2D eigenvalue weighted by atomic mass is 32.2. The third-order valence-corrected chi connectivity index (χ3v) is 2.07. The molecular formula is C8H14O2S. The van der Waals surface area contributed by atoms with Crippen LogP contribution in [0.1, 0.15) is 6.92 Å². The molecule has 0 aliphatic carbocycles. The van der Waals surface area contributed by atoms with Gasteiger partial charge in [0.2, 0.25) is 0 Å². The third kappa shape index (κ3) is 2.85. The Morgan fingerprint density at radius 3 is 2.64 bits per heavy atom. The van der Waals surface area contributed by atoms with Gasteiger partial charge < -0.3 is 9.47 Å². The van der Waals surface area contributed by atoms with E-state index in [1.54, 1.807) is 11.8 Å². The summed E-state index contributed by atoms with van der Waals surface area (Å²) >= 11 is 1.79. The quantitative estimate of drug-likeness (QED) is 0.606. The van der Waals surface area contributed by atoms with Gasteiger partial charge in [-0.3, -0.25) is 0 Å². The molecule has 0 radical (unpaired) electrons. The van der Waals surface area contributed by atoms with E-state index in [9.17, 15) is 0 Å². The summed E-state index contributed by atoms with van der Waals surface area (Å²) in [5.74, 6) is 0.568. The van der Waals surface area contributed by atoms with Crippen molar-refractivity contribution in [3.05, 3.63) is 12.2 Å². The van der Waals surface area contributed by atoms with Crippen molar-refractivity contribution in [2.45, 2.75) is 12.7 Å². The van der Waals surface area contributed by atoms with E-state index < -0.39 is 5.79 Å². The standard InChI is InChI=1S/C8H14O2S/c1-8(4-3-7-11-2)9-5-6-10-8/h3-4H,5-7H2,1-2H3. The summed E-state index contributed by atoms with van der Waals surface area (Å²) < 4.78 is 10.7. The molecule has 0 N–H and O–H groups in total. The van der Waals surface area contributed by atoms with E-state index in [2.05, 4.69) is 12.3 Å². The highest BCUT2D eigenvalue weighted by Gasteiger charge is 2.26. The van der Waals surface area contributed by atoms with Crippen molar-refractivity contribution < 1.29 is 9.47 Å². The molecule has 0 aromatic heterocycles. The molecule has 0 aromatic rings. The van der Waals surface area contributed by atoms with Crippen molar-refractivity contribution in [1.82, 2.24) is 0 Å². The lowest BCUT2D eigenvalue weighted by Gasteiger charge is -2.16. The van der Waals surface area contributed by atoms with Crippen LogP contribution in [-0.2, 0) is 9.47 Å². The molecule has 0 bridgehead atoms.